The van der Waals surface area contributed by atoms with Gasteiger partial charge in [-0.3, -0.25) is 4.79 Å². The molecule has 0 bridgehead atoms. The van der Waals surface area contributed by atoms with E-state index in [2.05, 4.69) is 32.2 Å². The first-order chi connectivity index (χ1) is 10.9. The number of nitrogens with one attached hydrogen (secondary N) is 1. The molecule has 1 aromatic carbocycles. The average molecular weight is 313 g/mol. The number of aryl methyl sites for hydroxylation is 2. The number of carbonyl (C=O) groups is 1. The number of benzene rings is 1. The number of amides is 1. The van der Waals surface area contributed by atoms with Gasteiger partial charge in [-0.1, -0.05) is 25.3 Å². The Morgan fingerprint density at radius 2 is 1.65 bits per heavy atom. The van der Waals surface area contributed by atoms with Gasteiger partial charge in [0.25, 0.3) is 5.91 Å². The summed E-state index contributed by atoms with van der Waals surface area (Å²) in [7, 11) is 0. The average Bonchev–Trinajstić information content (AvgIpc) is 2.53. The lowest BCUT2D eigenvalue weighted by Crippen LogP contribution is -2.46. The van der Waals surface area contributed by atoms with Crippen LogP contribution in [0.25, 0.3) is 5.57 Å². The summed E-state index contributed by atoms with van der Waals surface area (Å²) < 4.78 is 0. The molecule has 23 heavy (non-hydrogen) atoms. The first-order valence-corrected chi connectivity index (χ1v) is 8.67. The number of aliphatic hydroxyl groups is 1. The summed E-state index contributed by atoms with van der Waals surface area (Å²) in [6.07, 6.45) is 5.40. The maximum Gasteiger partial charge on any atom is 0.255 e. The van der Waals surface area contributed by atoms with Crippen molar-refractivity contribution in [2.75, 3.05) is 6.54 Å². The van der Waals surface area contributed by atoms with Gasteiger partial charge in [-0.15, -0.1) is 0 Å². The molecule has 1 aromatic rings. The molecule has 0 radical (unpaired) electrons. The van der Waals surface area contributed by atoms with E-state index < -0.39 is 0 Å². The Labute approximate surface area is 138 Å². The fraction of sp³-hybridized carbons (Fsp3) is 0.550. The Morgan fingerprint density at radius 1 is 1.00 bits per heavy atom. The third kappa shape index (κ3) is 2.46. The second kappa shape index (κ2) is 5.70. The molecule has 1 aliphatic carbocycles. The van der Waals surface area contributed by atoms with Crippen LogP contribution in [-0.4, -0.2) is 17.6 Å². The van der Waals surface area contributed by atoms with Crippen molar-refractivity contribution in [1.29, 1.82) is 0 Å². The van der Waals surface area contributed by atoms with E-state index in [0.717, 1.165) is 42.4 Å². The molecule has 0 saturated heterocycles. The van der Waals surface area contributed by atoms with Gasteiger partial charge in [0.05, 0.1) is 5.57 Å². The van der Waals surface area contributed by atoms with Crippen LogP contribution in [0.5, 0.6) is 0 Å². The topological polar surface area (TPSA) is 49.3 Å². The first-order valence-electron chi connectivity index (χ1n) is 8.67. The molecule has 1 aliphatic heterocycles. The van der Waals surface area contributed by atoms with E-state index >= 15 is 0 Å². The van der Waals surface area contributed by atoms with Crippen LogP contribution in [0.2, 0.25) is 0 Å². The van der Waals surface area contributed by atoms with Gasteiger partial charge in [-0.2, -0.15) is 0 Å². The molecular formula is C20H27NO2. The molecule has 0 atom stereocenters. The van der Waals surface area contributed by atoms with E-state index in [1.807, 2.05) is 6.92 Å². The smallest absolute Gasteiger partial charge is 0.255 e. The van der Waals surface area contributed by atoms with Crippen LogP contribution in [0.1, 0.15) is 59.9 Å². The van der Waals surface area contributed by atoms with Crippen LogP contribution in [0.4, 0.5) is 0 Å². The highest BCUT2D eigenvalue weighted by Gasteiger charge is 2.43. The molecule has 1 fully saturated rings. The lowest BCUT2D eigenvalue weighted by Gasteiger charge is -2.41. The molecule has 1 heterocycles. The first kappa shape index (κ1) is 16.1. The Morgan fingerprint density at radius 3 is 2.30 bits per heavy atom. The van der Waals surface area contributed by atoms with Crippen molar-refractivity contribution in [2.45, 2.75) is 59.8 Å². The van der Waals surface area contributed by atoms with Crippen molar-refractivity contribution in [3.05, 3.63) is 39.6 Å². The molecule has 2 N–H and O–H groups in total. The molecule has 3 heteroatoms. The van der Waals surface area contributed by atoms with E-state index in [4.69, 9.17) is 0 Å². The summed E-state index contributed by atoms with van der Waals surface area (Å²) in [5, 5.41) is 14.1. The van der Waals surface area contributed by atoms with Crippen LogP contribution in [0, 0.1) is 33.1 Å². The van der Waals surface area contributed by atoms with Crippen molar-refractivity contribution >= 4 is 11.5 Å². The van der Waals surface area contributed by atoms with Gasteiger partial charge < -0.3 is 10.4 Å². The fourth-order valence-electron chi connectivity index (χ4n) is 4.34. The number of carbonyl (C=O) groups excluding carboxylic acids is 1. The molecule has 2 aliphatic rings. The number of hydrogen-bond donors (Lipinski definition) is 2. The molecule has 0 aromatic heterocycles. The van der Waals surface area contributed by atoms with E-state index in [1.165, 1.54) is 17.5 Å². The van der Waals surface area contributed by atoms with E-state index in [0.29, 0.717) is 17.9 Å². The molecule has 124 valence electrons. The SMILES string of the molecule is Cc1cc(C)c(C2=C(O)C3(CCCCC3)CNC2=O)c(C)c1C. The summed E-state index contributed by atoms with van der Waals surface area (Å²) >= 11 is 0. The summed E-state index contributed by atoms with van der Waals surface area (Å²) in [6.45, 7) is 8.84. The van der Waals surface area contributed by atoms with Crippen molar-refractivity contribution in [2.24, 2.45) is 5.41 Å². The molecule has 3 rings (SSSR count). The number of rotatable bonds is 1. The van der Waals surface area contributed by atoms with Gasteiger partial charge in [0.1, 0.15) is 5.76 Å². The molecular weight excluding hydrogens is 286 g/mol. The van der Waals surface area contributed by atoms with Crippen LogP contribution in [0.3, 0.4) is 0 Å². The Hall–Kier alpha value is -1.77. The monoisotopic (exact) mass is 313 g/mol. The van der Waals surface area contributed by atoms with Crippen LogP contribution >= 0.6 is 0 Å². The number of hydrogen-bond acceptors (Lipinski definition) is 2. The van der Waals surface area contributed by atoms with Gasteiger partial charge >= 0.3 is 0 Å². The molecule has 3 nitrogen and oxygen atoms in total. The molecule has 1 amide bonds. The minimum absolute atomic E-state index is 0.131. The fourth-order valence-corrected chi connectivity index (χ4v) is 4.34. The second-order valence-corrected chi connectivity index (χ2v) is 7.38. The van der Waals surface area contributed by atoms with Gasteiger partial charge in [0.15, 0.2) is 0 Å². The summed E-state index contributed by atoms with van der Waals surface area (Å²) in [6, 6.07) is 2.12. The maximum absolute atomic E-state index is 12.6. The lowest BCUT2D eigenvalue weighted by molar-refractivity contribution is -0.117. The van der Waals surface area contributed by atoms with Crippen molar-refractivity contribution < 1.29 is 9.90 Å². The minimum atomic E-state index is -0.251. The van der Waals surface area contributed by atoms with Crippen LogP contribution in [-0.2, 0) is 4.79 Å². The number of aliphatic hydroxyl groups excluding tert-OH is 1. The standard InChI is InChI=1S/C20H27NO2/c1-12-10-13(2)16(15(4)14(12)3)17-18(22)20(11-21-19(17)23)8-6-5-7-9-20/h10,22H,5-9,11H2,1-4H3,(H,21,23). The predicted octanol–water partition coefficient (Wildman–Crippen LogP) is 4.27. The van der Waals surface area contributed by atoms with Crippen LogP contribution in [0.15, 0.2) is 11.8 Å². The summed E-state index contributed by atoms with van der Waals surface area (Å²) in [4.78, 5) is 12.6. The zero-order chi connectivity index (χ0) is 16.8. The van der Waals surface area contributed by atoms with Crippen molar-refractivity contribution in [3.63, 3.8) is 0 Å². The summed E-state index contributed by atoms with van der Waals surface area (Å²) in [5.41, 5.74) is 5.78. The highest BCUT2D eigenvalue weighted by atomic mass is 16.3. The third-order valence-corrected chi connectivity index (χ3v) is 5.97. The molecule has 1 saturated carbocycles. The quantitative estimate of drug-likeness (QED) is 0.813. The minimum Gasteiger partial charge on any atom is -0.511 e. The molecule has 0 unspecified atom stereocenters. The van der Waals surface area contributed by atoms with E-state index in [1.54, 1.807) is 0 Å². The highest BCUT2D eigenvalue weighted by molar-refractivity contribution is 6.21. The lowest BCUT2D eigenvalue weighted by atomic mass is 9.69. The third-order valence-electron chi connectivity index (χ3n) is 5.97. The molecule has 1 spiro atoms. The van der Waals surface area contributed by atoms with Crippen molar-refractivity contribution in [3.8, 4) is 0 Å². The zero-order valence-electron chi connectivity index (χ0n) is 14.7. The van der Waals surface area contributed by atoms with Gasteiger partial charge in [0.2, 0.25) is 0 Å². The predicted molar refractivity (Wildman–Crippen MR) is 93.5 cm³/mol. The van der Waals surface area contributed by atoms with Gasteiger partial charge in [0, 0.05) is 12.0 Å². The maximum atomic E-state index is 12.6. The van der Waals surface area contributed by atoms with Gasteiger partial charge in [-0.05, 0) is 68.4 Å². The Kier molecular flexibility index (Phi) is 3.99. The van der Waals surface area contributed by atoms with Gasteiger partial charge in [-0.25, -0.2) is 0 Å². The Bertz CT molecular complexity index is 694. The Balaban J connectivity index is 2.22. The summed E-state index contributed by atoms with van der Waals surface area (Å²) in [5.74, 6) is 0.198. The van der Waals surface area contributed by atoms with Crippen LogP contribution < -0.4 is 5.32 Å². The zero-order valence-corrected chi connectivity index (χ0v) is 14.7. The normalized spacial score (nSPS) is 20.8. The highest BCUT2D eigenvalue weighted by Crippen LogP contribution is 2.46. The second-order valence-electron chi connectivity index (χ2n) is 7.38. The van der Waals surface area contributed by atoms with E-state index in [9.17, 15) is 9.90 Å². The largest absolute Gasteiger partial charge is 0.511 e. The van der Waals surface area contributed by atoms with Crippen molar-refractivity contribution in [1.82, 2.24) is 5.32 Å². The van der Waals surface area contributed by atoms with E-state index in [-0.39, 0.29) is 11.3 Å².